The van der Waals surface area contributed by atoms with E-state index in [2.05, 4.69) is 28.5 Å². The zero-order valence-electron chi connectivity index (χ0n) is 8.82. The number of H-pyrrole nitrogens is 1. The summed E-state index contributed by atoms with van der Waals surface area (Å²) in [6.45, 7) is 4.82. The van der Waals surface area contributed by atoms with Crippen LogP contribution in [0.15, 0.2) is 9.32 Å². The van der Waals surface area contributed by atoms with Crippen LogP contribution in [0.1, 0.15) is 26.1 Å². The Morgan fingerprint density at radius 1 is 1.73 bits per heavy atom. The lowest BCUT2D eigenvalue weighted by Gasteiger charge is -2.12. The van der Waals surface area contributed by atoms with E-state index in [0.29, 0.717) is 24.2 Å². The molecule has 3 N–H and O–H groups in total. The van der Waals surface area contributed by atoms with Gasteiger partial charge in [-0.25, -0.2) is 4.79 Å². The molecule has 1 aliphatic rings. The fourth-order valence-electron chi connectivity index (χ4n) is 2.26. The molecule has 2 unspecified atom stereocenters. The summed E-state index contributed by atoms with van der Waals surface area (Å²) in [6, 6.07) is 0. The number of hydrogen-bond acceptors (Lipinski definition) is 4. The molecule has 0 aromatic carbocycles. The van der Waals surface area contributed by atoms with Crippen LogP contribution in [0, 0.1) is 11.8 Å². The molecule has 6 heteroatoms. The van der Waals surface area contributed by atoms with Crippen LogP contribution in [0.2, 0.25) is 0 Å². The van der Waals surface area contributed by atoms with E-state index >= 15 is 0 Å². The van der Waals surface area contributed by atoms with Crippen molar-refractivity contribution in [2.24, 2.45) is 17.6 Å². The third kappa shape index (κ3) is 1.81. The van der Waals surface area contributed by atoms with Crippen molar-refractivity contribution in [3.05, 3.63) is 16.4 Å². The molecule has 1 aliphatic carbocycles. The van der Waals surface area contributed by atoms with Gasteiger partial charge in [-0.05, 0) is 18.3 Å². The van der Waals surface area contributed by atoms with Gasteiger partial charge in [0.2, 0.25) is 0 Å². The molecular formula is C9H16ClN3O2. The molecule has 0 amide bonds. The van der Waals surface area contributed by atoms with Gasteiger partial charge in [0.05, 0.1) is 0 Å². The van der Waals surface area contributed by atoms with Crippen molar-refractivity contribution in [3.63, 3.8) is 0 Å². The Morgan fingerprint density at radius 3 is 2.73 bits per heavy atom. The summed E-state index contributed by atoms with van der Waals surface area (Å²) in [6.07, 6.45) is 0.990. The van der Waals surface area contributed by atoms with Crippen molar-refractivity contribution in [1.29, 1.82) is 0 Å². The van der Waals surface area contributed by atoms with Gasteiger partial charge in [-0.3, -0.25) is 9.51 Å². The molecule has 2 rings (SSSR count). The fraction of sp³-hybridized carbons (Fsp3) is 0.778. The topological polar surface area (TPSA) is 84.9 Å². The molecule has 0 spiro atoms. The second-order valence-corrected chi connectivity index (χ2v) is 4.36. The van der Waals surface area contributed by atoms with E-state index in [9.17, 15) is 4.79 Å². The average molecular weight is 234 g/mol. The summed E-state index contributed by atoms with van der Waals surface area (Å²) in [5.41, 5.74) is 5.60. The first kappa shape index (κ1) is 12.3. The summed E-state index contributed by atoms with van der Waals surface area (Å²) in [5, 5.41) is 3.73. The molecule has 5 nitrogen and oxygen atoms in total. The molecule has 15 heavy (non-hydrogen) atoms. The number of hydrogen-bond donors (Lipinski definition) is 2. The van der Waals surface area contributed by atoms with Gasteiger partial charge < -0.3 is 5.73 Å². The Labute approximate surface area is 93.8 Å². The minimum atomic E-state index is -0.498. The SMILES string of the molecule is CC(C)C1CC1(CN)c1noc(=O)[nH]1.Cl. The normalized spacial score (nSPS) is 28.9. The van der Waals surface area contributed by atoms with Gasteiger partial charge in [0, 0.05) is 12.0 Å². The number of halogens is 1. The number of aromatic amines is 1. The monoisotopic (exact) mass is 233 g/mol. The zero-order valence-corrected chi connectivity index (χ0v) is 9.63. The summed E-state index contributed by atoms with van der Waals surface area (Å²) < 4.78 is 4.50. The van der Waals surface area contributed by atoms with Gasteiger partial charge in [-0.2, -0.15) is 0 Å². The second kappa shape index (κ2) is 3.98. The summed E-state index contributed by atoms with van der Waals surface area (Å²) in [5.74, 6) is 1.18. The van der Waals surface area contributed by atoms with Crippen molar-refractivity contribution in [2.75, 3.05) is 6.54 Å². The van der Waals surface area contributed by atoms with Crippen LogP contribution in [0.4, 0.5) is 0 Å². The number of nitrogens with one attached hydrogen (secondary N) is 1. The maximum atomic E-state index is 10.8. The van der Waals surface area contributed by atoms with E-state index in [4.69, 9.17) is 5.73 Å². The van der Waals surface area contributed by atoms with Gasteiger partial charge in [-0.1, -0.05) is 19.0 Å². The number of nitrogens with two attached hydrogens (primary N) is 1. The van der Waals surface area contributed by atoms with E-state index in [0.717, 1.165) is 6.42 Å². The van der Waals surface area contributed by atoms with Gasteiger partial charge >= 0.3 is 5.76 Å². The van der Waals surface area contributed by atoms with Gasteiger partial charge in [0.15, 0.2) is 5.82 Å². The van der Waals surface area contributed by atoms with Crippen molar-refractivity contribution in [1.82, 2.24) is 10.1 Å². The first-order valence-electron chi connectivity index (χ1n) is 4.86. The third-order valence-corrected chi connectivity index (χ3v) is 3.21. The maximum Gasteiger partial charge on any atom is 0.438 e. The molecule has 1 aromatic rings. The molecule has 1 fully saturated rings. The molecule has 1 heterocycles. The predicted octanol–water partition coefficient (Wildman–Crippen LogP) is 0.657. The molecule has 86 valence electrons. The van der Waals surface area contributed by atoms with Crippen molar-refractivity contribution < 1.29 is 4.52 Å². The lowest BCUT2D eigenvalue weighted by atomic mass is 9.96. The average Bonchev–Trinajstić information content (AvgIpc) is 2.76. The molecule has 0 saturated heterocycles. The second-order valence-electron chi connectivity index (χ2n) is 4.36. The maximum absolute atomic E-state index is 10.8. The van der Waals surface area contributed by atoms with Gasteiger partial charge in [0.25, 0.3) is 0 Å². The fourth-order valence-corrected chi connectivity index (χ4v) is 2.26. The molecule has 1 saturated carbocycles. The standard InChI is InChI=1S/C9H15N3O2.ClH/c1-5(2)6-3-9(6,4-10)7-11-8(13)14-12-7;/h5-6H,3-4,10H2,1-2H3,(H,11,12,13);1H. The highest BCUT2D eigenvalue weighted by atomic mass is 35.5. The minimum Gasteiger partial charge on any atom is -0.329 e. The van der Waals surface area contributed by atoms with Crippen LogP contribution in [-0.2, 0) is 5.41 Å². The van der Waals surface area contributed by atoms with Crippen LogP contribution in [0.25, 0.3) is 0 Å². The lowest BCUT2D eigenvalue weighted by Crippen LogP contribution is -2.25. The highest BCUT2D eigenvalue weighted by molar-refractivity contribution is 5.85. The molecule has 1 aromatic heterocycles. The highest BCUT2D eigenvalue weighted by Gasteiger charge is 2.58. The lowest BCUT2D eigenvalue weighted by molar-refractivity contribution is 0.369. The number of nitrogens with zero attached hydrogens (tertiary/aromatic N) is 1. The summed E-state index contributed by atoms with van der Waals surface area (Å²) in [7, 11) is 0. The van der Waals surface area contributed by atoms with Crippen LogP contribution < -0.4 is 11.5 Å². The molecule has 0 aliphatic heterocycles. The van der Waals surface area contributed by atoms with E-state index in [-0.39, 0.29) is 17.8 Å². The Balaban J connectivity index is 0.00000112. The van der Waals surface area contributed by atoms with Crippen molar-refractivity contribution in [3.8, 4) is 0 Å². The van der Waals surface area contributed by atoms with Gasteiger partial charge in [0.1, 0.15) is 0 Å². The summed E-state index contributed by atoms with van der Waals surface area (Å²) >= 11 is 0. The molecular weight excluding hydrogens is 218 g/mol. The first-order chi connectivity index (χ1) is 6.60. The van der Waals surface area contributed by atoms with E-state index in [1.54, 1.807) is 0 Å². The summed E-state index contributed by atoms with van der Waals surface area (Å²) in [4.78, 5) is 13.4. The van der Waals surface area contributed by atoms with Crippen LogP contribution in [0.5, 0.6) is 0 Å². The van der Waals surface area contributed by atoms with Crippen molar-refractivity contribution in [2.45, 2.75) is 25.7 Å². The van der Waals surface area contributed by atoms with Crippen LogP contribution in [-0.4, -0.2) is 16.7 Å². The predicted molar refractivity (Wildman–Crippen MR) is 58.0 cm³/mol. The largest absolute Gasteiger partial charge is 0.438 e. The van der Waals surface area contributed by atoms with E-state index in [1.165, 1.54) is 0 Å². The number of aromatic nitrogens is 2. The smallest absolute Gasteiger partial charge is 0.329 e. The Bertz CT molecular complexity index is 387. The molecule has 0 radical (unpaired) electrons. The zero-order chi connectivity index (χ0) is 10.3. The number of rotatable bonds is 3. The minimum absolute atomic E-state index is 0. The van der Waals surface area contributed by atoms with Crippen LogP contribution >= 0.6 is 12.4 Å². The Kier molecular flexibility index (Phi) is 3.25. The van der Waals surface area contributed by atoms with E-state index in [1.807, 2.05) is 0 Å². The Morgan fingerprint density at radius 2 is 2.40 bits per heavy atom. The quantitative estimate of drug-likeness (QED) is 0.803. The van der Waals surface area contributed by atoms with E-state index < -0.39 is 5.76 Å². The Hall–Kier alpha value is -0.810. The molecule has 2 atom stereocenters. The third-order valence-electron chi connectivity index (χ3n) is 3.21. The van der Waals surface area contributed by atoms with Gasteiger partial charge in [-0.15, -0.1) is 12.4 Å². The highest BCUT2D eigenvalue weighted by Crippen LogP contribution is 2.55. The first-order valence-corrected chi connectivity index (χ1v) is 4.86. The molecule has 0 bridgehead atoms. The van der Waals surface area contributed by atoms with Crippen LogP contribution in [0.3, 0.4) is 0 Å². The van der Waals surface area contributed by atoms with Crippen molar-refractivity contribution >= 4 is 12.4 Å².